The van der Waals surface area contributed by atoms with Crippen LogP contribution in [-0.4, -0.2) is 26.4 Å². The molecule has 0 atom stereocenters. The van der Waals surface area contributed by atoms with Crippen molar-refractivity contribution < 1.29 is 14.3 Å². The summed E-state index contributed by atoms with van der Waals surface area (Å²) in [6.45, 7) is 1.91. The van der Waals surface area contributed by atoms with Gasteiger partial charge in [-0.15, -0.1) is 5.10 Å². The smallest absolute Gasteiger partial charge is 0.255 e. The van der Waals surface area contributed by atoms with Crippen LogP contribution in [-0.2, 0) is 10.2 Å². The molecule has 0 bridgehead atoms. The fourth-order valence-corrected chi connectivity index (χ4v) is 4.61. The molecule has 0 radical (unpaired) electrons. The second-order valence-electron chi connectivity index (χ2n) is 10.0. The van der Waals surface area contributed by atoms with E-state index in [-0.39, 0.29) is 17.7 Å². The third-order valence-electron chi connectivity index (χ3n) is 7.25. The van der Waals surface area contributed by atoms with E-state index >= 15 is 0 Å². The fraction of sp³-hybridized carbons (Fsp3) is 0.276. The maximum absolute atomic E-state index is 13.0. The van der Waals surface area contributed by atoms with Gasteiger partial charge in [-0.25, -0.2) is 9.50 Å². The zero-order chi connectivity index (χ0) is 26.3. The van der Waals surface area contributed by atoms with Crippen LogP contribution in [0, 0.1) is 24.2 Å². The highest BCUT2D eigenvalue weighted by Gasteiger charge is 2.39. The van der Waals surface area contributed by atoms with Crippen molar-refractivity contribution in [1.29, 1.82) is 5.26 Å². The number of rotatable bonds is 7. The zero-order valence-corrected chi connectivity index (χ0v) is 20.9. The molecule has 2 aromatic carbocycles. The van der Waals surface area contributed by atoms with E-state index < -0.39 is 5.41 Å². The number of hydrogen-bond donors (Lipinski definition) is 2. The maximum atomic E-state index is 13.0. The number of amides is 2. The Kier molecular flexibility index (Phi) is 5.80. The third kappa shape index (κ3) is 4.57. The standard InChI is InChI=1S/C29H26N6O3/c1-18-6-9-22(31-28(37)20-4-2-5-21(14-20)29(17-30)12-3-13-29)15-23(18)38-26-11-10-25-32-24(16-35(25)34-26)33-27(36)19-7-8-19/h2,4-6,9-11,14-16,19H,3,7-8,12-13H2,1H3,(H,31,37)(H,33,36). The number of carbonyl (C=O) groups excluding carboxylic acids is 2. The van der Waals surface area contributed by atoms with E-state index in [1.807, 2.05) is 37.3 Å². The lowest BCUT2D eigenvalue weighted by Crippen LogP contribution is -2.32. The van der Waals surface area contributed by atoms with Crippen LogP contribution in [0.4, 0.5) is 11.5 Å². The van der Waals surface area contributed by atoms with Crippen LogP contribution in [0.2, 0.25) is 0 Å². The molecule has 0 aliphatic heterocycles. The Morgan fingerprint density at radius 2 is 1.95 bits per heavy atom. The first-order valence-electron chi connectivity index (χ1n) is 12.7. The van der Waals surface area contributed by atoms with E-state index in [2.05, 4.69) is 26.8 Å². The van der Waals surface area contributed by atoms with Gasteiger partial charge < -0.3 is 15.4 Å². The van der Waals surface area contributed by atoms with Gasteiger partial charge in [0.2, 0.25) is 11.8 Å². The minimum atomic E-state index is -0.478. The predicted octanol–water partition coefficient (Wildman–Crippen LogP) is 5.38. The average Bonchev–Trinajstić information content (AvgIpc) is 3.67. The number of nitrogens with zero attached hydrogens (tertiary/aromatic N) is 4. The number of fused-ring (bicyclic) bond motifs is 1. The van der Waals surface area contributed by atoms with Crippen LogP contribution in [0.3, 0.4) is 0 Å². The zero-order valence-electron chi connectivity index (χ0n) is 20.9. The van der Waals surface area contributed by atoms with Crippen LogP contribution in [0.1, 0.15) is 53.6 Å². The van der Waals surface area contributed by atoms with E-state index in [4.69, 9.17) is 4.74 Å². The molecule has 2 aliphatic rings. The number of anilines is 2. The molecule has 4 aromatic rings. The molecule has 0 spiro atoms. The van der Waals surface area contributed by atoms with Crippen molar-refractivity contribution in [3.8, 4) is 17.7 Å². The lowest BCUT2D eigenvalue weighted by atomic mass is 9.65. The quantitative estimate of drug-likeness (QED) is 0.347. The summed E-state index contributed by atoms with van der Waals surface area (Å²) >= 11 is 0. The van der Waals surface area contributed by atoms with Crippen molar-refractivity contribution in [3.63, 3.8) is 0 Å². The summed E-state index contributed by atoms with van der Waals surface area (Å²) < 4.78 is 7.61. The summed E-state index contributed by atoms with van der Waals surface area (Å²) in [5.74, 6) is 1.16. The Bertz CT molecular complexity index is 1610. The Morgan fingerprint density at radius 3 is 2.68 bits per heavy atom. The Morgan fingerprint density at radius 1 is 1.11 bits per heavy atom. The van der Waals surface area contributed by atoms with Gasteiger partial charge in [0.1, 0.15) is 5.75 Å². The molecule has 2 aromatic heterocycles. The summed E-state index contributed by atoms with van der Waals surface area (Å²) in [6, 6.07) is 18.6. The van der Waals surface area contributed by atoms with Gasteiger partial charge >= 0.3 is 0 Å². The van der Waals surface area contributed by atoms with Crippen molar-refractivity contribution >= 4 is 29.0 Å². The Hall–Kier alpha value is -4.71. The number of aromatic nitrogens is 3. The highest BCUT2D eigenvalue weighted by Crippen LogP contribution is 2.43. The third-order valence-corrected chi connectivity index (χ3v) is 7.25. The highest BCUT2D eigenvalue weighted by atomic mass is 16.5. The SMILES string of the molecule is Cc1ccc(NC(=O)c2cccc(C3(C#N)CCC3)c2)cc1Oc1ccc2nc(NC(=O)C3CC3)cn2n1. The number of carbonyl (C=O) groups is 2. The molecule has 190 valence electrons. The van der Waals surface area contributed by atoms with Gasteiger partial charge in [-0.3, -0.25) is 9.59 Å². The monoisotopic (exact) mass is 506 g/mol. The van der Waals surface area contributed by atoms with E-state index in [1.165, 1.54) is 0 Å². The molecule has 0 saturated heterocycles. The molecule has 2 saturated carbocycles. The molecule has 6 rings (SSSR count). The topological polar surface area (TPSA) is 121 Å². The van der Waals surface area contributed by atoms with Gasteiger partial charge in [-0.05, 0) is 74.4 Å². The first kappa shape index (κ1) is 23.7. The van der Waals surface area contributed by atoms with E-state index in [1.54, 1.807) is 35.0 Å². The number of ether oxygens (including phenoxy) is 1. The maximum Gasteiger partial charge on any atom is 0.255 e. The molecular formula is C29H26N6O3. The summed E-state index contributed by atoms with van der Waals surface area (Å²) in [7, 11) is 0. The van der Waals surface area contributed by atoms with E-state index in [0.29, 0.717) is 34.3 Å². The fourth-order valence-electron chi connectivity index (χ4n) is 4.61. The molecule has 2 amide bonds. The molecule has 9 nitrogen and oxygen atoms in total. The van der Waals surface area contributed by atoms with Crippen molar-refractivity contribution in [1.82, 2.24) is 14.6 Å². The second-order valence-corrected chi connectivity index (χ2v) is 10.0. The van der Waals surface area contributed by atoms with Crippen LogP contribution < -0.4 is 15.4 Å². The van der Waals surface area contributed by atoms with Crippen molar-refractivity contribution in [3.05, 3.63) is 77.5 Å². The van der Waals surface area contributed by atoms with Gasteiger partial charge in [0, 0.05) is 29.3 Å². The largest absolute Gasteiger partial charge is 0.437 e. The number of aryl methyl sites for hydroxylation is 1. The Labute approximate surface area is 219 Å². The minimum Gasteiger partial charge on any atom is -0.437 e. The van der Waals surface area contributed by atoms with Gasteiger partial charge in [-0.1, -0.05) is 18.2 Å². The molecule has 38 heavy (non-hydrogen) atoms. The van der Waals surface area contributed by atoms with Gasteiger partial charge in [0.05, 0.1) is 17.7 Å². The molecular weight excluding hydrogens is 480 g/mol. The number of hydrogen-bond acceptors (Lipinski definition) is 6. The summed E-state index contributed by atoms with van der Waals surface area (Å²) in [5.41, 5.74) is 2.95. The van der Waals surface area contributed by atoms with Crippen LogP contribution in [0.5, 0.6) is 11.6 Å². The number of nitriles is 1. The summed E-state index contributed by atoms with van der Waals surface area (Å²) in [5, 5.41) is 19.9. The number of nitrogens with one attached hydrogen (secondary N) is 2. The summed E-state index contributed by atoms with van der Waals surface area (Å²) in [6.07, 6.45) is 6.16. The number of benzene rings is 2. The second kappa shape index (κ2) is 9.30. The lowest BCUT2D eigenvalue weighted by Gasteiger charge is -2.35. The molecule has 2 aliphatic carbocycles. The van der Waals surface area contributed by atoms with Gasteiger partial charge in [-0.2, -0.15) is 5.26 Å². The number of imidazole rings is 1. The van der Waals surface area contributed by atoms with Crippen LogP contribution >= 0.6 is 0 Å². The highest BCUT2D eigenvalue weighted by molar-refractivity contribution is 6.04. The first-order chi connectivity index (χ1) is 18.4. The van der Waals surface area contributed by atoms with Crippen molar-refractivity contribution in [2.24, 2.45) is 5.92 Å². The first-order valence-corrected chi connectivity index (χ1v) is 12.7. The minimum absolute atomic E-state index is 0.0151. The van der Waals surface area contributed by atoms with Crippen LogP contribution in [0.15, 0.2) is 60.8 Å². The summed E-state index contributed by atoms with van der Waals surface area (Å²) in [4.78, 5) is 29.5. The van der Waals surface area contributed by atoms with Crippen molar-refractivity contribution in [2.75, 3.05) is 10.6 Å². The van der Waals surface area contributed by atoms with E-state index in [9.17, 15) is 14.9 Å². The van der Waals surface area contributed by atoms with E-state index in [0.717, 1.165) is 43.2 Å². The molecule has 0 unspecified atom stereocenters. The Balaban J connectivity index is 1.17. The van der Waals surface area contributed by atoms with Gasteiger partial charge in [0.15, 0.2) is 11.5 Å². The molecule has 2 fully saturated rings. The van der Waals surface area contributed by atoms with Gasteiger partial charge in [0.25, 0.3) is 5.91 Å². The van der Waals surface area contributed by atoms with Crippen LogP contribution in [0.25, 0.3) is 5.65 Å². The molecule has 2 N–H and O–H groups in total. The predicted molar refractivity (Wildman–Crippen MR) is 141 cm³/mol. The molecule has 9 heteroatoms. The lowest BCUT2D eigenvalue weighted by molar-refractivity contribution is -0.117. The normalized spacial score (nSPS) is 15.8. The average molecular weight is 507 g/mol. The van der Waals surface area contributed by atoms with Crippen molar-refractivity contribution in [2.45, 2.75) is 44.4 Å². The molecule has 2 heterocycles.